The van der Waals surface area contributed by atoms with Crippen LogP contribution in [0, 0.1) is 23.2 Å². The van der Waals surface area contributed by atoms with Crippen LogP contribution in [0.5, 0.6) is 11.6 Å². The molecule has 0 radical (unpaired) electrons. The maximum absolute atomic E-state index is 14.5. The van der Waals surface area contributed by atoms with Crippen LogP contribution in [0.25, 0.3) is 11.0 Å². The number of hydrogen-bond donors (Lipinski definition) is 0. The van der Waals surface area contributed by atoms with Crippen molar-refractivity contribution in [3.05, 3.63) is 23.9 Å². The molecule has 45 heavy (non-hydrogen) atoms. The standard InChI is InChI=1S/C36H49N3O6/c1-23-30(22-40)39-21-32(23)45-34-28(37-27-16-15-25(43-3)19-29(27)38-34)13-7-4-6-11-24-12-10-14-31(24)44-33(41)20-26(35(39)42)36(2)17-8-5-9-18-36/h15-16,19,22-24,26,30-32H,4-14,17-18,20-21H2,1-3H3/t23-,24+,26+,30+,31+,32-/m0/s1. The zero-order valence-corrected chi connectivity index (χ0v) is 27.2. The molecule has 0 unspecified atom stereocenters. The van der Waals surface area contributed by atoms with Crippen LogP contribution in [0.15, 0.2) is 18.2 Å². The number of carbonyl (C=O) groups is 3. The second kappa shape index (κ2) is 13.6. The molecule has 1 aromatic carbocycles. The van der Waals surface area contributed by atoms with Crippen LogP contribution in [0.4, 0.5) is 0 Å². The van der Waals surface area contributed by atoms with Gasteiger partial charge in [0.25, 0.3) is 0 Å². The highest BCUT2D eigenvalue weighted by molar-refractivity contribution is 5.87. The first kappa shape index (κ1) is 31.7. The molecule has 244 valence electrons. The van der Waals surface area contributed by atoms with Gasteiger partial charge in [0.15, 0.2) is 0 Å². The summed E-state index contributed by atoms with van der Waals surface area (Å²) in [6, 6.07) is 5.01. The average molecular weight is 620 g/mol. The van der Waals surface area contributed by atoms with Crippen molar-refractivity contribution in [2.45, 2.75) is 122 Å². The zero-order valence-electron chi connectivity index (χ0n) is 27.2. The first-order valence-corrected chi connectivity index (χ1v) is 17.3. The van der Waals surface area contributed by atoms with Crippen LogP contribution in [-0.4, -0.2) is 64.9 Å². The van der Waals surface area contributed by atoms with Crippen LogP contribution in [0.2, 0.25) is 0 Å². The average Bonchev–Trinajstić information content (AvgIpc) is 3.61. The second-order valence-corrected chi connectivity index (χ2v) is 14.3. The Labute approximate surface area is 266 Å². The van der Waals surface area contributed by atoms with Gasteiger partial charge in [0.1, 0.15) is 29.9 Å². The Morgan fingerprint density at radius 1 is 0.933 bits per heavy atom. The number of benzene rings is 1. The highest BCUT2D eigenvalue weighted by Crippen LogP contribution is 2.46. The molecule has 0 spiro atoms. The number of amides is 1. The quantitative estimate of drug-likeness (QED) is 0.294. The maximum atomic E-state index is 14.5. The Morgan fingerprint density at radius 3 is 2.49 bits per heavy atom. The molecule has 2 aliphatic carbocycles. The van der Waals surface area contributed by atoms with Crippen molar-refractivity contribution in [3.63, 3.8) is 0 Å². The molecule has 6 rings (SSSR count). The van der Waals surface area contributed by atoms with Crippen molar-refractivity contribution in [3.8, 4) is 11.6 Å². The molecule has 3 heterocycles. The predicted molar refractivity (Wildman–Crippen MR) is 170 cm³/mol. The number of ether oxygens (including phenoxy) is 3. The van der Waals surface area contributed by atoms with Crippen LogP contribution < -0.4 is 9.47 Å². The lowest BCUT2D eigenvalue weighted by molar-refractivity contribution is -0.159. The number of hydrogen-bond acceptors (Lipinski definition) is 8. The third-order valence-electron chi connectivity index (χ3n) is 11.3. The number of esters is 1. The van der Waals surface area contributed by atoms with E-state index in [1.807, 2.05) is 25.1 Å². The van der Waals surface area contributed by atoms with Crippen LogP contribution in [0.1, 0.15) is 103 Å². The summed E-state index contributed by atoms with van der Waals surface area (Å²) in [6.07, 6.45) is 13.2. The Hall–Kier alpha value is -3.23. The van der Waals surface area contributed by atoms with E-state index in [2.05, 4.69) is 6.92 Å². The van der Waals surface area contributed by atoms with Gasteiger partial charge in [0, 0.05) is 12.0 Å². The van der Waals surface area contributed by atoms with E-state index in [1.165, 1.54) is 0 Å². The monoisotopic (exact) mass is 619 g/mol. The van der Waals surface area contributed by atoms with Crippen molar-refractivity contribution < 1.29 is 28.6 Å². The minimum absolute atomic E-state index is 0.0582. The smallest absolute Gasteiger partial charge is 0.306 e. The number of methoxy groups -OCH3 is 1. The highest BCUT2D eigenvalue weighted by Gasteiger charge is 2.49. The summed E-state index contributed by atoms with van der Waals surface area (Å²) in [7, 11) is 1.62. The van der Waals surface area contributed by atoms with E-state index in [9.17, 15) is 14.4 Å². The van der Waals surface area contributed by atoms with Gasteiger partial charge in [0.2, 0.25) is 11.8 Å². The van der Waals surface area contributed by atoms with Gasteiger partial charge >= 0.3 is 5.97 Å². The van der Waals surface area contributed by atoms with Gasteiger partial charge in [-0.3, -0.25) is 9.59 Å². The summed E-state index contributed by atoms with van der Waals surface area (Å²) in [5, 5.41) is 0. The fourth-order valence-electron chi connectivity index (χ4n) is 8.43. The summed E-state index contributed by atoms with van der Waals surface area (Å²) in [5.41, 5.74) is 1.93. The van der Waals surface area contributed by atoms with Gasteiger partial charge in [-0.2, -0.15) is 0 Å². The fourth-order valence-corrected chi connectivity index (χ4v) is 8.43. The molecule has 6 atom stereocenters. The van der Waals surface area contributed by atoms with E-state index < -0.39 is 18.1 Å². The third-order valence-corrected chi connectivity index (χ3v) is 11.3. The van der Waals surface area contributed by atoms with Gasteiger partial charge in [-0.1, -0.05) is 46.0 Å². The lowest BCUT2D eigenvalue weighted by Crippen LogP contribution is -2.48. The van der Waals surface area contributed by atoms with Gasteiger partial charge in [-0.25, -0.2) is 9.97 Å². The molecule has 9 heteroatoms. The van der Waals surface area contributed by atoms with E-state index >= 15 is 0 Å². The fraction of sp³-hybridized carbons (Fsp3) is 0.694. The summed E-state index contributed by atoms with van der Waals surface area (Å²) >= 11 is 0. The molecule has 2 bridgehead atoms. The molecule has 4 aliphatic rings. The van der Waals surface area contributed by atoms with Crippen molar-refractivity contribution >= 4 is 29.2 Å². The van der Waals surface area contributed by atoms with Gasteiger partial charge < -0.3 is 23.9 Å². The highest BCUT2D eigenvalue weighted by atomic mass is 16.5. The number of carbonyl (C=O) groups excluding carboxylic acids is 3. The van der Waals surface area contributed by atoms with E-state index in [4.69, 9.17) is 24.2 Å². The number of nitrogens with zero attached hydrogens (tertiary/aromatic N) is 3. The van der Waals surface area contributed by atoms with Crippen molar-refractivity contribution in [2.75, 3.05) is 13.7 Å². The van der Waals surface area contributed by atoms with Crippen LogP contribution in [0.3, 0.4) is 0 Å². The summed E-state index contributed by atoms with van der Waals surface area (Å²) in [4.78, 5) is 52.2. The summed E-state index contributed by atoms with van der Waals surface area (Å²) < 4.78 is 18.2. The molecule has 2 aromatic rings. The topological polar surface area (TPSA) is 108 Å². The van der Waals surface area contributed by atoms with Crippen molar-refractivity contribution in [2.24, 2.45) is 23.2 Å². The Bertz CT molecular complexity index is 1390. The first-order valence-electron chi connectivity index (χ1n) is 17.3. The van der Waals surface area contributed by atoms with E-state index in [0.717, 1.165) is 94.5 Å². The molecule has 9 nitrogen and oxygen atoms in total. The SMILES string of the molecule is COc1ccc2nc3c(nc2c1)O[C@H]1CN(C(=O)[C@H](C2(C)CCCCC2)CC(=O)O[C@@H]2CCC[C@H]2CCCCC3)[C@H](C=O)[C@@H]1C. The van der Waals surface area contributed by atoms with Crippen molar-refractivity contribution in [1.29, 1.82) is 0 Å². The molecule has 3 fully saturated rings. The van der Waals surface area contributed by atoms with Crippen molar-refractivity contribution in [1.82, 2.24) is 14.9 Å². The molecule has 1 saturated heterocycles. The normalized spacial score (nSPS) is 31.2. The largest absolute Gasteiger partial charge is 0.497 e. The van der Waals surface area contributed by atoms with E-state index in [0.29, 0.717) is 29.5 Å². The van der Waals surface area contributed by atoms with E-state index in [-0.39, 0.29) is 42.3 Å². The molecule has 2 aliphatic heterocycles. The van der Waals surface area contributed by atoms with Gasteiger partial charge in [-0.05, 0) is 74.8 Å². The summed E-state index contributed by atoms with van der Waals surface area (Å²) in [5.74, 6) is 0.313. The number of aryl methyl sites for hydroxylation is 1. The Morgan fingerprint density at radius 2 is 1.71 bits per heavy atom. The predicted octanol–water partition coefficient (Wildman–Crippen LogP) is 6.24. The minimum atomic E-state index is -0.647. The number of aldehydes is 1. The Balaban J connectivity index is 1.36. The molecule has 1 amide bonds. The van der Waals surface area contributed by atoms with Gasteiger partial charge in [0.05, 0.1) is 43.1 Å². The lowest BCUT2D eigenvalue weighted by atomic mass is 9.65. The minimum Gasteiger partial charge on any atom is -0.497 e. The lowest BCUT2D eigenvalue weighted by Gasteiger charge is -2.41. The number of rotatable bonds is 3. The first-order chi connectivity index (χ1) is 21.8. The molecular formula is C36H49N3O6. The molecular weight excluding hydrogens is 570 g/mol. The number of fused-ring (bicyclic) bond motifs is 5. The van der Waals surface area contributed by atoms with Crippen LogP contribution >= 0.6 is 0 Å². The molecule has 0 N–H and O–H groups in total. The zero-order chi connectivity index (χ0) is 31.6. The van der Waals surface area contributed by atoms with E-state index in [1.54, 1.807) is 12.0 Å². The second-order valence-electron chi connectivity index (χ2n) is 14.3. The summed E-state index contributed by atoms with van der Waals surface area (Å²) in [6.45, 7) is 4.37. The Kier molecular flexibility index (Phi) is 9.62. The molecule has 1 aromatic heterocycles. The number of aromatic nitrogens is 2. The van der Waals surface area contributed by atoms with Crippen LogP contribution in [-0.2, 0) is 25.5 Å². The third kappa shape index (κ3) is 6.68. The van der Waals surface area contributed by atoms with Gasteiger partial charge in [-0.15, -0.1) is 0 Å². The maximum Gasteiger partial charge on any atom is 0.306 e. The molecule has 2 saturated carbocycles.